The maximum Gasteiger partial charge on any atom is 0.242 e. The van der Waals surface area contributed by atoms with Gasteiger partial charge in [-0.25, -0.2) is 0 Å². The first-order chi connectivity index (χ1) is 7.88. The summed E-state index contributed by atoms with van der Waals surface area (Å²) in [5.74, 6) is -0.0426. The van der Waals surface area contributed by atoms with E-state index in [0.717, 1.165) is 6.42 Å². The molecule has 0 saturated heterocycles. The predicted molar refractivity (Wildman–Crippen MR) is 68.3 cm³/mol. The van der Waals surface area contributed by atoms with E-state index < -0.39 is 12.1 Å². The van der Waals surface area contributed by atoms with Crippen LogP contribution in [0.5, 0.6) is 0 Å². The lowest BCUT2D eigenvalue weighted by Crippen LogP contribution is -2.50. The molecule has 0 heterocycles. The molecule has 0 aromatic carbocycles. The van der Waals surface area contributed by atoms with Crippen molar-refractivity contribution in [2.75, 3.05) is 6.54 Å². The quantitative estimate of drug-likeness (QED) is 0.605. The van der Waals surface area contributed by atoms with Gasteiger partial charge in [-0.2, -0.15) is 0 Å². The van der Waals surface area contributed by atoms with Crippen LogP contribution in [0.4, 0.5) is 0 Å². The summed E-state index contributed by atoms with van der Waals surface area (Å²) in [5, 5.41) is 5.38. The Morgan fingerprint density at radius 2 is 1.76 bits per heavy atom. The predicted octanol–water partition coefficient (Wildman–Crippen LogP) is 0.391. The SMILES string of the molecule is CCC[C@@H](N)C(=O)NC(C)C(=O)NCC(C)C. The normalized spacial score (nSPS) is 14.2. The minimum atomic E-state index is -0.538. The summed E-state index contributed by atoms with van der Waals surface area (Å²) < 4.78 is 0. The van der Waals surface area contributed by atoms with Gasteiger partial charge in [0.1, 0.15) is 6.04 Å². The van der Waals surface area contributed by atoms with E-state index in [9.17, 15) is 9.59 Å². The molecular formula is C12H25N3O2. The van der Waals surface area contributed by atoms with E-state index >= 15 is 0 Å². The summed E-state index contributed by atoms with van der Waals surface area (Å²) in [5.41, 5.74) is 5.65. The zero-order valence-corrected chi connectivity index (χ0v) is 11.2. The number of hydrogen-bond donors (Lipinski definition) is 3. The highest BCUT2D eigenvalue weighted by Gasteiger charge is 2.19. The minimum absolute atomic E-state index is 0.171. The van der Waals surface area contributed by atoms with Gasteiger partial charge in [-0.1, -0.05) is 27.2 Å². The van der Waals surface area contributed by atoms with Crippen LogP contribution in [0.15, 0.2) is 0 Å². The first kappa shape index (κ1) is 15.9. The Morgan fingerprint density at radius 3 is 2.24 bits per heavy atom. The summed E-state index contributed by atoms with van der Waals surface area (Å²) in [6, 6.07) is -1.07. The molecule has 2 amide bonds. The van der Waals surface area contributed by atoms with Crippen molar-refractivity contribution in [2.45, 2.75) is 52.6 Å². The summed E-state index contributed by atoms with van der Waals surface area (Å²) in [6.07, 6.45) is 1.48. The number of nitrogens with two attached hydrogens (primary N) is 1. The van der Waals surface area contributed by atoms with E-state index in [2.05, 4.69) is 10.6 Å². The maximum absolute atomic E-state index is 11.6. The van der Waals surface area contributed by atoms with Gasteiger partial charge in [-0.05, 0) is 19.3 Å². The molecule has 100 valence electrons. The summed E-state index contributed by atoms with van der Waals surface area (Å²) in [7, 11) is 0. The van der Waals surface area contributed by atoms with E-state index in [0.29, 0.717) is 18.9 Å². The number of nitrogens with one attached hydrogen (secondary N) is 2. The van der Waals surface area contributed by atoms with Crippen molar-refractivity contribution in [3.05, 3.63) is 0 Å². The summed E-state index contributed by atoms with van der Waals surface area (Å²) >= 11 is 0. The molecule has 0 rings (SSSR count). The van der Waals surface area contributed by atoms with Crippen molar-refractivity contribution in [3.63, 3.8) is 0 Å². The molecule has 0 aromatic heterocycles. The average Bonchev–Trinajstić information content (AvgIpc) is 2.25. The van der Waals surface area contributed by atoms with Gasteiger partial charge in [0.15, 0.2) is 0 Å². The standard InChI is InChI=1S/C12H25N3O2/c1-5-6-10(13)12(17)15-9(4)11(16)14-7-8(2)3/h8-10H,5-7,13H2,1-4H3,(H,14,16)(H,15,17)/t9?,10-/m1/s1. The van der Waals surface area contributed by atoms with Gasteiger partial charge in [0.05, 0.1) is 6.04 Å². The van der Waals surface area contributed by atoms with Gasteiger partial charge >= 0.3 is 0 Å². The molecule has 1 unspecified atom stereocenters. The van der Waals surface area contributed by atoms with Crippen molar-refractivity contribution >= 4 is 11.8 Å². The van der Waals surface area contributed by atoms with E-state index in [1.54, 1.807) is 6.92 Å². The highest BCUT2D eigenvalue weighted by Crippen LogP contribution is 1.95. The number of carbonyl (C=O) groups excluding carboxylic acids is 2. The number of hydrogen-bond acceptors (Lipinski definition) is 3. The monoisotopic (exact) mass is 243 g/mol. The molecule has 17 heavy (non-hydrogen) atoms. The molecule has 5 heteroatoms. The molecule has 0 aliphatic rings. The van der Waals surface area contributed by atoms with Crippen LogP contribution in [0, 0.1) is 5.92 Å². The molecular weight excluding hydrogens is 218 g/mol. The van der Waals surface area contributed by atoms with Crippen molar-refractivity contribution in [1.29, 1.82) is 0 Å². The van der Waals surface area contributed by atoms with Crippen LogP contribution < -0.4 is 16.4 Å². The van der Waals surface area contributed by atoms with E-state index in [1.165, 1.54) is 0 Å². The molecule has 0 fully saturated rings. The molecule has 0 bridgehead atoms. The van der Waals surface area contributed by atoms with Crippen LogP contribution in [0.1, 0.15) is 40.5 Å². The average molecular weight is 243 g/mol. The topological polar surface area (TPSA) is 84.2 Å². The molecule has 0 aromatic rings. The van der Waals surface area contributed by atoms with E-state index in [1.807, 2.05) is 20.8 Å². The molecule has 0 saturated carbocycles. The van der Waals surface area contributed by atoms with Gasteiger partial charge in [0, 0.05) is 6.54 Å². The Hall–Kier alpha value is -1.10. The first-order valence-electron chi connectivity index (χ1n) is 6.22. The molecule has 5 nitrogen and oxygen atoms in total. The molecule has 0 spiro atoms. The Morgan fingerprint density at radius 1 is 1.18 bits per heavy atom. The number of amides is 2. The molecule has 0 radical (unpaired) electrons. The van der Waals surface area contributed by atoms with Crippen LogP contribution in [-0.2, 0) is 9.59 Å². The minimum Gasteiger partial charge on any atom is -0.354 e. The van der Waals surface area contributed by atoms with Gasteiger partial charge in [0.25, 0.3) is 0 Å². The van der Waals surface area contributed by atoms with E-state index in [4.69, 9.17) is 5.73 Å². The Balaban J connectivity index is 4.02. The smallest absolute Gasteiger partial charge is 0.242 e. The second-order valence-corrected chi connectivity index (χ2v) is 4.76. The number of carbonyl (C=O) groups is 2. The molecule has 4 N–H and O–H groups in total. The Labute approximate surface area is 104 Å². The second kappa shape index (κ2) is 8.06. The lowest BCUT2D eigenvalue weighted by atomic mass is 10.1. The second-order valence-electron chi connectivity index (χ2n) is 4.76. The van der Waals surface area contributed by atoms with Crippen LogP contribution in [0.3, 0.4) is 0 Å². The lowest BCUT2D eigenvalue weighted by Gasteiger charge is -2.17. The van der Waals surface area contributed by atoms with Gasteiger partial charge in [-0.15, -0.1) is 0 Å². The fourth-order valence-corrected chi connectivity index (χ4v) is 1.29. The molecule has 0 aliphatic carbocycles. The zero-order chi connectivity index (χ0) is 13.4. The van der Waals surface area contributed by atoms with Crippen molar-refractivity contribution < 1.29 is 9.59 Å². The fraction of sp³-hybridized carbons (Fsp3) is 0.833. The van der Waals surface area contributed by atoms with Crippen LogP contribution >= 0.6 is 0 Å². The zero-order valence-electron chi connectivity index (χ0n) is 11.2. The highest BCUT2D eigenvalue weighted by molar-refractivity contribution is 5.89. The highest BCUT2D eigenvalue weighted by atomic mass is 16.2. The largest absolute Gasteiger partial charge is 0.354 e. The maximum atomic E-state index is 11.6. The first-order valence-corrected chi connectivity index (χ1v) is 6.22. The van der Waals surface area contributed by atoms with Gasteiger partial charge < -0.3 is 16.4 Å². The third kappa shape index (κ3) is 6.94. The van der Waals surface area contributed by atoms with Crippen LogP contribution in [0.25, 0.3) is 0 Å². The third-order valence-corrected chi connectivity index (χ3v) is 2.37. The van der Waals surface area contributed by atoms with Crippen molar-refractivity contribution in [3.8, 4) is 0 Å². The van der Waals surface area contributed by atoms with Gasteiger partial charge in [-0.3, -0.25) is 9.59 Å². The Kier molecular flexibility index (Phi) is 7.54. The number of rotatable bonds is 7. The van der Waals surface area contributed by atoms with Crippen molar-refractivity contribution in [1.82, 2.24) is 10.6 Å². The summed E-state index contributed by atoms with van der Waals surface area (Å²) in [6.45, 7) is 8.26. The van der Waals surface area contributed by atoms with Crippen LogP contribution in [0.2, 0.25) is 0 Å². The fourth-order valence-electron chi connectivity index (χ4n) is 1.29. The van der Waals surface area contributed by atoms with Crippen LogP contribution in [-0.4, -0.2) is 30.4 Å². The van der Waals surface area contributed by atoms with E-state index in [-0.39, 0.29) is 11.8 Å². The van der Waals surface area contributed by atoms with Gasteiger partial charge in [0.2, 0.25) is 11.8 Å². The molecule has 0 aliphatic heterocycles. The van der Waals surface area contributed by atoms with Crippen molar-refractivity contribution in [2.24, 2.45) is 11.7 Å². The summed E-state index contributed by atoms with van der Waals surface area (Å²) in [4.78, 5) is 23.2. The Bertz CT molecular complexity index is 254. The molecule has 2 atom stereocenters. The lowest BCUT2D eigenvalue weighted by molar-refractivity contribution is -0.129. The third-order valence-electron chi connectivity index (χ3n) is 2.37.